The first-order valence-electron chi connectivity index (χ1n) is 9.99. The Kier molecular flexibility index (Phi) is 5.41. The predicted octanol–water partition coefficient (Wildman–Crippen LogP) is 3.07. The van der Waals surface area contributed by atoms with E-state index < -0.39 is 23.8 Å². The fourth-order valence-corrected chi connectivity index (χ4v) is 5.68. The van der Waals surface area contributed by atoms with Crippen LogP contribution in [0, 0.1) is 5.92 Å². The van der Waals surface area contributed by atoms with Gasteiger partial charge in [0, 0.05) is 11.4 Å². The van der Waals surface area contributed by atoms with E-state index in [-0.39, 0.29) is 0 Å². The van der Waals surface area contributed by atoms with Gasteiger partial charge in [-0.15, -0.1) is 11.3 Å². The molecule has 1 aliphatic rings. The highest BCUT2D eigenvalue weighted by Gasteiger charge is 2.26. The Balaban J connectivity index is 1.79. The number of benzene rings is 1. The van der Waals surface area contributed by atoms with Gasteiger partial charge in [0.25, 0.3) is 5.56 Å². The van der Waals surface area contributed by atoms with Crippen molar-refractivity contribution in [2.45, 2.75) is 52.1 Å². The number of hydrogen-bond acceptors (Lipinski definition) is 4. The number of aryl methyl sites for hydroxylation is 3. The molecule has 29 heavy (non-hydrogen) atoms. The number of carbonyl (C=O) groups is 1. The molecule has 1 N–H and O–H groups in total. The van der Waals surface area contributed by atoms with Gasteiger partial charge in [-0.2, -0.15) is 0 Å². The van der Waals surface area contributed by atoms with Gasteiger partial charge in [-0.3, -0.25) is 14.2 Å². The Morgan fingerprint density at radius 3 is 2.69 bits per heavy atom. The predicted molar refractivity (Wildman–Crippen MR) is 114 cm³/mol. The van der Waals surface area contributed by atoms with Gasteiger partial charge in [0.2, 0.25) is 0 Å². The molecule has 4 rings (SSSR count). The molecule has 0 radical (unpaired) electrons. The minimum absolute atomic E-state index is 0.457. The van der Waals surface area contributed by atoms with Crippen molar-refractivity contribution in [2.75, 3.05) is 0 Å². The Labute approximate surface area is 172 Å². The second kappa shape index (κ2) is 7.99. The molecule has 152 valence electrons. The van der Waals surface area contributed by atoms with Crippen molar-refractivity contribution in [1.29, 1.82) is 0 Å². The number of hydrogen-bond donors (Lipinski definition) is 1. The van der Waals surface area contributed by atoms with Crippen LogP contribution in [0.2, 0.25) is 0 Å². The third-order valence-electron chi connectivity index (χ3n) is 5.64. The molecule has 3 aromatic rings. The van der Waals surface area contributed by atoms with Crippen molar-refractivity contribution in [3.8, 4) is 0 Å². The van der Waals surface area contributed by atoms with Crippen molar-refractivity contribution < 1.29 is 9.90 Å². The maximum atomic E-state index is 13.0. The monoisotopic (exact) mass is 412 g/mol. The molecule has 0 amide bonds. The Morgan fingerprint density at radius 1 is 1.21 bits per heavy atom. The average molecular weight is 413 g/mol. The minimum Gasteiger partial charge on any atom is -0.480 e. The summed E-state index contributed by atoms with van der Waals surface area (Å²) in [7, 11) is 0. The first-order chi connectivity index (χ1) is 14.0. The standard InChI is InChI=1S/C22H24N2O4S/c1-14-9-10-16-17(12-14)29-21-19(16)20(27)24(13-18(25)26)22(28)23(21)11-5-8-15-6-3-2-4-7-15/h2-4,6-7,14H,5,8-13H2,1H3,(H,25,26)/t14-/m0/s1. The third-order valence-corrected chi connectivity index (χ3v) is 6.92. The Hall–Kier alpha value is -2.67. The van der Waals surface area contributed by atoms with E-state index >= 15 is 0 Å². The van der Waals surface area contributed by atoms with Crippen LogP contribution in [-0.2, 0) is 37.1 Å². The van der Waals surface area contributed by atoms with Gasteiger partial charge < -0.3 is 5.11 Å². The van der Waals surface area contributed by atoms with Crippen LogP contribution in [0.5, 0.6) is 0 Å². The molecule has 6 nitrogen and oxygen atoms in total. The first kappa shape index (κ1) is 19.6. The van der Waals surface area contributed by atoms with Crippen molar-refractivity contribution >= 4 is 27.5 Å². The molecule has 0 saturated heterocycles. The van der Waals surface area contributed by atoms with Crippen molar-refractivity contribution in [2.24, 2.45) is 5.92 Å². The fourth-order valence-electron chi connectivity index (χ4n) is 4.16. The highest BCUT2D eigenvalue weighted by Crippen LogP contribution is 2.36. The molecule has 0 saturated carbocycles. The summed E-state index contributed by atoms with van der Waals surface area (Å²) in [4.78, 5) is 39.2. The third kappa shape index (κ3) is 3.79. The van der Waals surface area contributed by atoms with Crippen molar-refractivity contribution in [3.63, 3.8) is 0 Å². The molecule has 1 aliphatic carbocycles. The maximum Gasteiger partial charge on any atom is 0.332 e. The van der Waals surface area contributed by atoms with Crippen LogP contribution in [0.1, 0.15) is 35.8 Å². The molecule has 7 heteroatoms. The summed E-state index contributed by atoms with van der Waals surface area (Å²) in [5, 5.41) is 9.78. The number of carboxylic acid groups (broad SMARTS) is 1. The highest BCUT2D eigenvalue weighted by atomic mass is 32.1. The number of fused-ring (bicyclic) bond motifs is 3. The molecule has 2 aromatic heterocycles. The zero-order valence-electron chi connectivity index (χ0n) is 16.4. The van der Waals surface area contributed by atoms with E-state index in [4.69, 9.17) is 0 Å². The van der Waals surface area contributed by atoms with E-state index in [9.17, 15) is 19.5 Å². The molecular formula is C22H24N2O4S. The molecule has 0 bridgehead atoms. The molecule has 2 heterocycles. The Bertz CT molecular complexity index is 1170. The van der Waals surface area contributed by atoms with Gasteiger partial charge in [-0.1, -0.05) is 37.3 Å². The van der Waals surface area contributed by atoms with Crippen LogP contribution >= 0.6 is 11.3 Å². The molecule has 1 aromatic carbocycles. The van der Waals surface area contributed by atoms with E-state index in [0.29, 0.717) is 22.7 Å². The van der Waals surface area contributed by atoms with Gasteiger partial charge in [0.05, 0.1) is 5.39 Å². The van der Waals surface area contributed by atoms with Crippen molar-refractivity contribution in [1.82, 2.24) is 9.13 Å². The number of nitrogens with zero attached hydrogens (tertiary/aromatic N) is 2. The Morgan fingerprint density at radius 2 is 1.97 bits per heavy atom. The van der Waals surface area contributed by atoms with Crippen LogP contribution < -0.4 is 11.2 Å². The topological polar surface area (TPSA) is 81.3 Å². The van der Waals surface area contributed by atoms with E-state index in [1.54, 1.807) is 4.57 Å². The smallest absolute Gasteiger partial charge is 0.332 e. The van der Waals surface area contributed by atoms with Crippen LogP contribution in [0.25, 0.3) is 10.2 Å². The van der Waals surface area contributed by atoms with Gasteiger partial charge in [-0.25, -0.2) is 9.36 Å². The number of aromatic nitrogens is 2. The number of thiophene rings is 1. The molecule has 0 spiro atoms. The number of aliphatic carboxylic acids is 1. The van der Waals surface area contributed by atoms with E-state index in [1.165, 1.54) is 21.8 Å². The van der Waals surface area contributed by atoms with E-state index in [0.717, 1.165) is 42.2 Å². The van der Waals surface area contributed by atoms with Gasteiger partial charge >= 0.3 is 11.7 Å². The second-order valence-electron chi connectivity index (χ2n) is 7.84. The molecule has 0 fully saturated rings. The average Bonchev–Trinajstić information content (AvgIpc) is 3.06. The normalized spacial score (nSPS) is 16.1. The van der Waals surface area contributed by atoms with Gasteiger partial charge in [0.15, 0.2) is 0 Å². The van der Waals surface area contributed by atoms with E-state index in [1.807, 2.05) is 18.2 Å². The van der Waals surface area contributed by atoms with Crippen LogP contribution in [-0.4, -0.2) is 20.2 Å². The lowest BCUT2D eigenvalue weighted by Crippen LogP contribution is -2.41. The summed E-state index contributed by atoms with van der Waals surface area (Å²) >= 11 is 1.53. The number of carboxylic acids is 1. The second-order valence-corrected chi connectivity index (χ2v) is 8.92. The molecule has 0 unspecified atom stereocenters. The number of rotatable bonds is 6. The summed E-state index contributed by atoms with van der Waals surface area (Å²) in [6.07, 6.45) is 4.27. The summed E-state index contributed by atoms with van der Waals surface area (Å²) in [5.41, 5.74) is 1.22. The zero-order valence-corrected chi connectivity index (χ0v) is 17.2. The van der Waals surface area contributed by atoms with Crippen LogP contribution in [0.15, 0.2) is 39.9 Å². The fraction of sp³-hybridized carbons (Fsp3) is 0.409. The molecule has 1 atom stereocenters. The first-order valence-corrected chi connectivity index (χ1v) is 10.8. The highest BCUT2D eigenvalue weighted by molar-refractivity contribution is 7.18. The summed E-state index contributed by atoms with van der Waals surface area (Å²) in [5.74, 6) is -0.632. The lowest BCUT2D eigenvalue weighted by atomic mass is 9.89. The SMILES string of the molecule is C[C@H]1CCc2c(sc3c2c(=O)n(CC(=O)O)c(=O)n3CCCc2ccccc2)C1. The van der Waals surface area contributed by atoms with Gasteiger partial charge in [0.1, 0.15) is 11.4 Å². The van der Waals surface area contributed by atoms with E-state index in [2.05, 4.69) is 19.1 Å². The van der Waals surface area contributed by atoms with Gasteiger partial charge in [-0.05, 0) is 49.1 Å². The lowest BCUT2D eigenvalue weighted by molar-refractivity contribution is -0.137. The zero-order chi connectivity index (χ0) is 20.5. The quantitative estimate of drug-likeness (QED) is 0.675. The largest absolute Gasteiger partial charge is 0.480 e. The summed E-state index contributed by atoms with van der Waals surface area (Å²) in [6.45, 7) is 2.05. The van der Waals surface area contributed by atoms with Crippen molar-refractivity contribution in [3.05, 3.63) is 67.2 Å². The molecule has 0 aliphatic heterocycles. The minimum atomic E-state index is -1.18. The summed E-state index contributed by atoms with van der Waals surface area (Å²) in [6, 6.07) is 10.0. The maximum absolute atomic E-state index is 13.0. The van der Waals surface area contributed by atoms with Crippen LogP contribution in [0.4, 0.5) is 0 Å². The summed E-state index contributed by atoms with van der Waals surface area (Å²) < 4.78 is 2.51. The lowest BCUT2D eigenvalue weighted by Gasteiger charge is -2.17. The van der Waals surface area contributed by atoms with Crippen LogP contribution in [0.3, 0.4) is 0 Å². The molecular weight excluding hydrogens is 388 g/mol.